The van der Waals surface area contributed by atoms with Gasteiger partial charge in [0.05, 0.1) is 6.54 Å². The molecule has 1 aliphatic rings. The highest BCUT2D eigenvalue weighted by molar-refractivity contribution is 5.97. The second kappa shape index (κ2) is 7.33. The van der Waals surface area contributed by atoms with Gasteiger partial charge in [0.15, 0.2) is 0 Å². The SMILES string of the molecule is CC(C)(C)NC(=O)NC(=O)CNc1ccc(C(=O)NC2CC2)cc1. The molecule has 0 atom stereocenters. The summed E-state index contributed by atoms with van der Waals surface area (Å²) in [7, 11) is 0. The molecule has 1 aromatic carbocycles. The van der Waals surface area contributed by atoms with Gasteiger partial charge in [-0.1, -0.05) is 0 Å². The largest absolute Gasteiger partial charge is 0.376 e. The number of amides is 4. The Hall–Kier alpha value is -2.57. The van der Waals surface area contributed by atoms with Crippen LogP contribution in [0, 0.1) is 0 Å². The Bertz CT molecular complexity index is 616. The Kier molecular flexibility index (Phi) is 5.43. The Labute approximate surface area is 141 Å². The lowest BCUT2D eigenvalue weighted by atomic mass is 10.1. The third kappa shape index (κ3) is 6.28. The van der Waals surface area contributed by atoms with Crippen molar-refractivity contribution in [3.8, 4) is 0 Å². The lowest BCUT2D eigenvalue weighted by molar-refractivity contribution is -0.118. The van der Waals surface area contributed by atoms with Gasteiger partial charge < -0.3 is 16.0 Å². The number of hydrogen-bond donors (Lipinski definition) is 4. The van der Waals surface area contributed by atoms with Gasteiger partial charge in [-0.25, -0.2) is 4.79 Å². The van der Waals surface area contributed by atoms with E-state index in [1.807, 2.05) is 20.8 Å². The van der Waals surface area contributed by atoms with Crippen LogP contribution >= 0.6 is 0 Å². The van der Waals surface area contributed by atoms with Crippen molar-refractivity contribution >= 4 is 23.5 Å². The van der Waals surface area contributed by atoms with Gasteiger partial charge in [0.1, 0.15) is 0 Å². The number of carbonyl (C=O) groups is 3. The molecule has 0 spiro atoms. The van der Waals surface area contributed by atoms with Crippen LogP contribution < -0.4 is 21.3 Å². The number of hydrogen-bond acceptors (Lipinski definition) is 4. The first-order valence-electron chi connectivity index (χ1n) is 8.00. The summed E-state index contributed by atoms with van der Waals surface area (Å²) in [5.41, 5.74) is 0.875. The van der Waals surface area contributed by atoms with Crippen LogP contribution in [0.4, 0.5) is 10.5 Å². The normalized spacial score (nSPS) is 13.8. The fourth-order valence-electron chi connectivity index (χ4n) is 1.96. The van der Waals surface area contributed by atoms with Crippen LogP contribution in [0.2, 0.25) is 0 Å². The predicted molar refractivity (Wildman–Crippen MR) is 91.8 cm³/mol. The molecule has 1 saturated carbocycles. The van der Waals surface area contributed by atoms with Gasteiger partial charge in [0.2, 0.25) is 5.91 Å². The quantitative estimate of drug-likeness (QED) is 0.658. The molecule has 0 heterocycles. The topological polar surface area (TPSA) is 99.3 Å². The van der Waals surface area contributed by atoms with E-state index in [-0.39, 0.29) is 12.5 Å². The van der Waals surface area contributed by atoms with Gasteiger partial charge in [-0.2, -0.15) is 0 Å². The number of anilines is 1. The Morgan fingerprint density at radius 1 is 1.08 bits per heavy atom. The molecule has 0 radical (unpaired) electrons. The summed E-state index contributed by atoms with van der Waals surface area (Å²) in [6.07, 6.45) is 2.09. The molecule has 0 bridgehead atoms. The number of benzene rings is 1. The van der Waals surface area contributed by atoms with Crippen molar-refractivity contribution in [3.05, 3.63) is 29.8 Å². The number of rotatable bonds is 5. The summed E-state index contributed by atoms with van der Waals surface area (Å²) in [5, 5.41) is 10.7. The van der Waals surface area contributed by atoms with Gasteiger partial charge in [0, 0.05) is 22.8 Å². The Balaban J connectivity index is 1.76. The first-order chi connectivity index (χ1) is 11.2. The van der Waals surface area contributed by atoms with Crippen LogP contribution in [-0.2, 0) is 4.79 Å². The molecule has 7 heteroatoms. The smallest absolute Gasteiger partial charge is 0.321 e. The first-order valence-corrected chi connectivity index (χ1v) is 8.00. The third-order valence-electron chi connectivity index (χ3n) is 3.25. The molecule has 1 aromatic rings. The second-order valence-corrected chi connectivity index (χ2v) is 6.93. The van der Waals surface area contributed by atoms with E-state index in [4.69, 9.17) is 0 Å². The summed E-state index contributed by atoms with van der Waals surface area (Å²) in [6.45, 7) is 5.45. The van der Waals surface area contributed by atoms with Crippen molar-refractivity contribution in [2.24, 2.45) is 0 Å². The van der Waals surface area contributed by atoms with Gasteiger partial charge in [-0.3, -0.25) is 14.9 Å². The Morgan fingerprint density at radius 3 is 2.25 bits per heavy atom. The zero-order valence-electron chi connectivity index (χ0n) is 14.2. The zero-order chi connectivity index (χ0) is 17.7. The second-order valence-electron chi connectivity index (χ2n) is 6.93. The fraction of sp³-hybridized carbons (Fsp3) is 0.471. The lowest BCUT2D eigenvalue weighted by Crippen LogP contribution is -2.49. The molecule has 0 aromatic heterocycles. The van der Waals surface area contributed by atoms with Crippen molar-refractivity contribution in [3.63, 3.8) is 0 Å². The molecule has 4 N–H and O–H groups in total. The molecular formula is C17H24N4O3. The highest BCUT2D eigenvalue weighted by atomic mass is 16.2. The first kappa shape index (κ1) is 17.8. The minimum atomic E-state index is -0.526. The molecule has 0 saturated heterocycles. The highest BCUT2D eigenvalue weighted by Crippen LogP contribution is 2.19. The summed E-state index contributed by atoms with van der Waals surface area (Å²) in [4.78, 5) is 35.2. The zero-order valence-corrected chi connectivity index (χ0v) is 14.2. The fourth-order valence-corrected chi connectivity index (χ4v) is 1.96. The molecule has 2 rings (SSSR count). The summed E-state index contributed by atoms with van der Waals surface area (Å²) in [6, 6.07) is 6.64. The molecule has 130 valence electrons. The van der Waals surface area contributed by atoms with Crippen LogP contribution in [0.5, 0.6) is 0 Å². The van der Waals surface area contributed by atoms with E-state index in [0.717, 1.165) is 12.8 Å². The van der Waals surface area contributed by atoms with Gasteiger partial charge in [-0.15, -0.1) is 0 Å². The molecule has 1 aliphatic carbocycles. The maximum absolute atomic E-state index is 11.9. The van der Waals surface area contributed by atoms with E-state index in [9.17, 15) is 14.4 Å². The monoisotopic (exact) mass is 332 g/mol. The van der Waals surface area contributed by atoms with Crippen molar-refractivity contribution in [2.75, 3.05) is 11.9 Å². The van der Waals surface area contributed by atoms with Crippen molar-refractivity contribution in [1.29, 1.82) is 0 Å². The maximum Gasteiger partial charge on any atom is 0.321 e. The van der Waals surface area contributed by atoms with E-state index in [2.05, 4.69) is 21.3 Å². The predicted octanol–water partition coefficient (Wildman–Crippen LogP) is 1.61. The third-order valence-corrected chi connectivity index (χ3v) is 3.25. The molecular weight excluding hydrogens is 308 g/mol. The molecule has 24 heavy (non-hydrogen) atoms. The summed E-state index contributed by atoms with van der Waals surface area (Å²) < 4.78 is 0. The van der Waals surface area contributed by atoms with Crippen molar-refractivity contribution in [1.82, 2.24) is 16.0 Å². The molecule has 0 unspecified atom stereocenters. The van der Waals surface area contributed by atoms with Gasteiger partial charge in [-0.05, 0) is 57.9 Å². The standard InChI is InChI=1S/C17H24N4O3/c1-17(2,3)21-16(24)20-14(22)10-18-12-6-4-11(5-7-12)15(23)19-13-8-9-13/h4-7,13,18H,8-10H2,1-3H3,(H,19,23)(H2,20,21,22,24). The summed E-state index contributed by atoms with van der Waals surface area (Å²) in [5.74, 6) is -0.520. The van der Waals surface area contributed by atoms with Gasteiger partial charge in [0.25, 0.3) is 5.91 Å². The minimum Gasteiger partial charge on any atom is -0.376 e. The van der Waals surface area contributed by atoms with Crippen molar-refractivity contribution < 1.29 is 14.4 Å². The average molecular weight is 332 g/mol. The highest BCUT2D eigenvalue weighted by Gasteiger charge is 2.23. The molecule has 7 nitrogen and oxygen atoms in total. The van der Waals surface area contributed by atoms with Crippen LogP contribution in [0.3, 0.4) is 0 Å². The van der Waals surface area contributed by atoms with E-state index >= 15 is 0 Å². The number of imide groups is 1. The van der Waals surface area contributed by atoms with Crippen LogP contribution in [0.1, 0.15) is 44.0 Å². The average Bonchev–Trinajstić information content (AvgIpc) is 3.27. The summed E-state index contributed by atoms with van der Waals surface area (Å²) >= 11 is 0. The Morgan fingerprint density at radius 2 is 1.71 bits per heavy atom. The van der Waals surface area contributed by atoms with Crippen LogP contribution in [0.25, 0.3) is 0 Å². The van der Waals surface area contributed by atoms with E-state index in [1.54, 1.807) is 24.3 Å². The molecule has 1 fully saturated rings. The van der Waals surface area contributed by atoms with Gasteiger partial charge >= 0.3 is 6.03 Å². The van der Waals surface area contributed by atoms with E-state index in [1.165, 1.54) is 0 Å². The van der Waals surface area contributed by atoms with Crippen LogP contribution in [-0.4, -0.2) is 36.0 Å². The molecule has 4 amide bonds. The van der Waals surface area contributed by atoms with Crippen molar-refractivity contribution in [2.45, 2.75) is 45.2 Å². The maximum atomic E-state index is 11.9. The van der Waals surface area contributed by atoms with Crippen LogP contribution in [0.15, 0.2) is 24.3 Å². The van der Waals surface area contributed by atoms with E-state index in [0.29, 0.717) is 17.3 Å². The number of nitrogens with one attached hydrogen (secondary N) is 4. The lowest BCUT2D eigenvalue weighted by Gasteiger charge is -2.20. The minimum absolute atomic E-state index is 0.0365. The van der Waals surface area contributed by atoms with E-state index < -0.39 is 17.5 Å². The number of urea groups is 1. The molecule has 0 aliphatic heterocycles. The number of carbonyl (C=O) groups excluding carboxylic acids is 3.